The molecule has 0 unspecified atom stereocenters. The minimum Gasteiger partial charge on any atom is -0.495 e. The number of aromatic nitrogens is 1. The van der Waals surface area contributed by atoms with E-state index in [9.17, 15) is 0 Å². The van der Waals surface area contributed by atoms with Crippen LogP contribution in [0.3, 0.4) is 0 Å². The van der Waals surface area contributed by atoms with Crippen LogP contribution in [0, 0.1) is 0 Å². The summed E-state index contributed by atoms with van der Waals surface area (Å²) in [6.07, 6.45) is 1.69. The van der Waals surface area contributed by atoms with E-state index in [1.807, 2.05) is 24.3 Å². The van der Waals surface area contributed by atoms with Gasteiger partial charge in [-0.1, -0.05) is 15.9 Å². The molecule has 1 aromatic heterocycles. The Labute approximate surface area is 134 Å². The smallest absolute Gasteiger partial charge is 0.237 e. The maximum Gasteiger partial charge on any atom is 0.237 e. The number of hydrogen-bond acceptors (Lipinski definition) is 4. The molecule has 0 saturated carbocycles. The lowest BCUT2D eigenvalue weighted by Crippen LogP contribution is -2.04. The van der Waals surface area contributed by atoms with Gasteiger partial charge in [-0.25, -0.2) is 4.98 Å². The van der Waals surface area contributed by atoms with Crippen molar-refractivity contribution in [3.63, 3.8) is 0 Å². The van der Waals surface area contributed by atoms with E-state index in [1.54, 1.807) is 20.4 Å². The highest BCUT2D eigenvalue weighted by Crippen LogP contribution is 2.33. The summed E-state index contributed by atoms with van der Waals surface area (Å²) in [4.78, 5) is 4.15. The molecule has 1 aromatic carbocycles. The third-order valence-corrected chi connectivity index (χ3v) is 3.77. The Balaban J connectivity index is 2.22. The monoisotopic (exact) mass is 400 g/mol. The van der Waals surface area contributed by atoms with E-state index in [2.05, 4.69) is 42.2 Å². The number of benzene rings is 1. The molecular formula is C14H14Br2N2O2. The van der Waals surface area contributed by atoms with Crippen molar-refractivity contribution in [1.29, 1.82) is 0 Å². The summed E-state index contributed by atoms with van der Waals surface area (Å²) in [7, 11) is 3.26. The van der Waals surface area contributed by atoms with E-state index in [4.69, 9.17) is 9.47 Å². The highest BCUT2D eigenvalue weighted by Gasteiger charge is 2.10. The normalized spacial score (nSPS) is 10.2. The van der Waals surface area contributed by atoms with Crippen molar-refractivity contribution in [2.24, 2.45) is 0 Å². The average molecular weight is 402 g/mol. The molecule has 0 spiro atoms. The van der Waals surface area contributed by atoms with Gasteiger partial charge in [-0.15, -0.1) is 0 Å². The molecule has 4 nitrogen and oxygen atoms in total. The number of nitrogens with zero attached hydrogens (tertiary/aromatic N) is 1. The van der Waals surface area contributed by atoms with Crippen molar-refractivity contribution in [2.75, 3.05) is 19.5 Å². The molecule has 0 radical (unpaired) electrons. The van der Waals surface area contributed by atoms with Gasteiger partial charge in [0.1, 0.15) is 5.75 Å². The fraction of sp³-hybridized carbons (Fsp3) is 0.214. The molecule has 1 N–H and O–H groups in total. The number of hydrogen-bond donors (Lipinski definition) is 1. The second-order valence-corrected chi connectivity index (χ2v) is 5.76. The van der Waals surface area contributed by atoms with E-state index < -0.39 is 0 Å². The Morgan fingerprint density at radius 2 is 2.00 bits per heavy atom. The standard InChI is InChI=1S/C14H14Br2N2O2/c1-19-13-9(6-10(15)7-11(13)16)8-18-12-4-3-5-17-14(12)20-2/h3-7,18H,8H2,1-2H3. The summed E-state index contributed by atoms with van der Waals surface area (Å²) in [5, 5.41) is 3.30. The van der Waals surface area contributed by atoms with Crippen LogP contribution >= 0.6 is 31.9 Å². The molecule has 20 heavy (non-hydrogen) atoms. The van der Waals surface area contributed by atoms with Crippen molar-refractivity contribution in [1.82, 2.24) is 4.98 Å². The van der Waals surface area contributed by atoms with Gasteiger partial charge in [0.15, 0.2) is 0 Å². The number of pyridine rings is 1. The third kappa shape index (κ3) is 3.43. The largest absolute Gasteiger partial charge is 0.495 e. The third-order valence-electron chi connectivity index (χ3n) is 2.72. The van der Waals surface area contributed by atoms with Crippen LogP contribution in [0.15, 0.2) is 39.4 Å². The molecule has 106 valence electrons. The molecule has 0 atom stereocenters. The van der Waals surface area contributed by atoms with Crippen LogP contribution in [0.4, 0.5) is 5.69 Å². The van der Waals surface area contributed by atoms with E-state index >= 15 is 0 Å². The van der Waals surface area contributed by atoms with E-state index in [1.165, 1.54) is 0 Å². The first-order valence-corrected chi connectivity index (χ1v) is 7.49. The van der Waals surface area contributed by atoms with E-state index in [0.29, 0.717) is 12.4 Å². The molecule has 1 heterocycles. The lowest BCUT2D eigenvalue weighted by atomic mass is 10.2. The number of methoxy groups -OCH3 is 2. The van der Waals surface area contributed by atoms with Crippen LogP contribution in [0.2, 0.25) is 0 Å². The number of ether oxygens (including phenoxy) is 2. The molecule has 2 aromatic rings. The van der Waals surface area contributed by atoms with Crippen molar-refractivity contribution in [2.45, 2.75) is 6.54 Å². The zero-order chi connectivity index (χ0) is 14.5. The van der Waals surface area contributed by atoms with Gasteiger partial charge in [0, 0.05) is 22.8 Å². The summed E-state index contributed by atoms with van der Waals surface area (Å²) in [5.41, 5.74) is 1.87. The van der Waals surface area contributed by atoms with Crippen LogP contribution < -0.4 is 14.8 Å². The quantitative estimate of drug-likeness (QED) is 0.813. The molecular weight excluding hydrogens is 388 g/mol. The summed E-state index contributed by atoms with van der Waals surface area (Å²) in [6, 6.07) is 7.75. The van der Waals surface area contributed by atoms with Crippen LogP contribution in [-0.4, -0.2) is 19.2 Å². The van der Waals surface area contributed by atoms with Gasteiger partial charge < -0.3 is 14.8 Å². The topological polar surface area (TPSA) is 43.4 Å². The molecule has 2 rings (SSSR count). The van der Waals surface area contributed by atoms with Crippen LogP contribution in [0.1, 0.15) is 5.56 Å². The minimum absolute atomic E-state index is 0.570. The van der Waals surface area contributed by atoms with Gasteiger partial charge in [0.2, 0.25) is 5.88 Å². The van der Waals surface area contributed by atoms with Crippen molar-refractivity contribution in [3.05, 3.63) is 45.0 Å². The zero-order valence-corrected chi connectivity index (χ0v) is 14.3. The van der Waals surface area contributed by atoms with Gasteiger partial charge in [-0.05, 0) is 40.2 Å². The SMILES string of the molecule is COc1ncccc1NCc1cc(Br)cc(Br)c1OC. The maximum atomic E-state index is 5.42. The van der Waals surface area contributed by atoms with Crippen molar-refractivity contribution >= 4 is 37.5 Å². The van der Waals surface area contributed by atoms with Gasteiger partial charge in [-0.3, -0.25) is 0 Å². The second-order valence-electron chi connectivity index (χ2n) is 3.99. The van der Waals surface area contributed by atoms with Gasteiger partial charge >= 0.3 is 0 Å². The highest BCUT2D eigenvalue weighted by molar-refractivity contribution is 9.11. The van der Waals surface area contributed by atoms with Crippen molar-refractivity contribution in [3.8, 4) is 11.6 Å². The highest BCUT2D eigenvalue weighted by atomic mass is 79.9. The Morgan fingerprint density at radius 1 is 1.20 bits per heavy atom. The van der Waals surface area contributed by atoms with Gasteiger partial charge in [0.25, 0.3) is 0 Å². The van der Waals surface area contributed by atoms with E-state index in [-0.39, 0.29) is 0 Å². The zero-order valence-electron chi connectivity index (χ0n) is 11.1. The molecule has 0 amide bonds. The minimum atomic E-state index is 0.570. The lowest BCUT2D eigenvalue weighted by molar-refractivity contribution is 0.399. The first-order valence-electron chi connectivity index (χ1n) is 5.90. The molecule has 0 aliphatic carbocycles. The average Bonchev–Trinajstić information content (AvgIpc) is 2.45. The molecule has 0 aliphatic heterocycles. The first-order chi connectivity index (χ1) is 9.65. The molecule has 0 aliphatic rings. The predicted molar refractivity (Wildman–Crippen MR) is 86.5 cm³/mol. The molecule has 0 fully saturated rings. The van der Waals surface area contributed by atoms with E-state index in [0.717, 1.165) is 25.9 Å². The summed E-state index contributed by atoms with van der Waals surface area (Å²) in [6.45, 7) is 0.600. The number of anilines is 1. The number of halogens is 2. The Kier molecular flexibility index (Phi) is 5.25. The van der Waals surface area contributed by atoms with Crippen LogP contribution in [0.25, 0.3) is 0 Å². The first kappa shape index (κ1) is 15.1. The Hall–Kier alpha value is -1.27. The van der Waals surface area contributed by atoms with Crippen LogP contribution in [0.5, 0.6) is 11.6 Å². The lowest BCUT2D eigenvalue weighted by Gasteiger charge is -2.14. The van der Waals surface area contributed by atoms with Crippen LogP contribution in [-0.2, 0) is 6.54 Å². The fourth-order valence-corrected chi connectivity index (χ4v) is 3.33. The fourth-order valence-electron chi connectivity index (χ4n) is 1.85. The van der Waals surface area contributed by atoms with Gasteiger partial charge in [-0.2, -0.15) is 0 Å². The predicted octanol–water partition coefficient (Wildman–Crippen LogP) is 4.24. The Bertz CT molecular complexity index is 606. The maximum absolute atomic E-state index is 5.42. The second kappa shape index (κ2) is 6.95. The number of rotatable bonds is 5. The molecule has 0 bridgehead atoms. The summed E-state index contributed by atoms with van der Waals surface area (Å²) < 4.78 is 12.5. The molecule has 0 saturated heterocycles. The van der Waals surface area contributed by atoms with Crippen molar-refractivity contribution < 1.29 is 9.47 Å². The molecule has 6 heteroatoms. The summed E-state index contributed by atoms with van der Waals surface area (Å²) in [5.74, 6) is 1.38. The van der Waals surface area contributed by atoms with Gasteiger partial charge in [0.05, 0.1) is 24.4 Å². The number of nitrogens with one attached hydrogen (secondary N) is 1. The Morgan fingerprint density at radius 3 is 2.70 bits per heavy atom. The summed E-state index contributed by atoms with van der Waals surface area (Å²) >= 11 is 6.97.